The highest BCUT2D eigenvalue weighted by Crippen LogP contribution is 2.35. The van der Waals surface area contributed by atoms with Crippen LogP contribution in [0.3, 0.4) is 0 Å². The third-order valence-corrected chi connectivity index (χ3v) is 5.57. The fraction of sp³-hybridized carbons (Fsp3) is 0.0833. The lowest BCUT2D eigenvalue weighted by Crippen LogP contribution is -2.32. The van der Waals surface area contributed by atoms with E-state index < -0.39 is 0 Å². The molecule has 0 saturated heterocycles. The number of hydrogen-bond donors (Lipinski definition) is 1. The van der Waals surface area contributed by atoms with Crippen LogP contribution < -0.4 is 10.2 Å². The van der Waals surface area contributed by atoms with Crippen LogP contribution in [0.2, 0.25) is 0 Å². The number of carbonyl (C=O) groups excluding carboxylic acids is 2. The first-order valence-electron chi connectivity index (χ1n) is 9.24. The van der Waals surface area contributed by atoms with Gasteiger partial charge in [-0.2, -0.15) is 0 Å². The van der Waals surface area contributed by atoms with Crippen LogP contribution in [0.15, 0.2) is 83.0 Å². The Morgan fingerprint density at radius 1 is 0.828 bits per heavy atom. The topological polar surface area (TPSA) is 49.4 Å². The van der Waals surface area contributed by atoms with Gasteiger partial charge in [0, 0.05) is 10.2 Å². The van der Waals surface area contributed by atoms with Crippen LogP contribution in [0.25, 0.3) is 5.57 Å². The third kappa shape index (κ3) is 3.49. The van der Waals surface area contributed by atoms with E-state index in [9.17, 15) is 9.59 Å². The summed E-state index contributed by atoms with van der Waals surface area (Å²) in [5.41, 5.74) is 4.85. The van der Waals surface area contributed by atoms with E-state index in [1.54, 1.807) is 18.2 Å². The molecule has 1 heterocycles. The van der Waals surface area contributed by atoms with Gasteiger partial charge >= 0.3 is 0 Å². The molecule has 0 aliphatic carbocycles. The van der Waals surface area contributed by atoms with Gasteiger partial charge in [0.15, 0.2) is 0 Å². The van der Waals surface area contributed by atoms with Crippen molar-refractivity contribution in [2.45, 2.75) is 13.8 Å². The van der Waals surface area contributed by atoms with E-state index in [0.29, 0.717) is 16.8 Å². The van der Waals surface area contributed by atoms with Crippen LogP contribution in [0.4, 0.5) is 11.4 Å². The summed E-state index contributed by atoms with van der Waals surface area (Å²) in [6.07, 6.45) is 0. The molecule has 4 rings (SSSR count). The van der Waals surface area contributed by atoms with Gasteiger partial charge in [-0.3, -0.25) is 9.59 Å². The first kappa shape index (κ1) is 19.2. The van der Waals surface area contributed by atoms with Crippen molar-refractivity contribution < 1.29 is 9.59 Å². The molecule has 3 aromatic rings. The van der Waals surface area contributed by atoms with Crippen molar-refractivity contribution in [2.24, 2.45) is 0 Å². The molecule has 0 radical (unpaired) electrons. The van der Waals surface area contributed by atoms with Crippen molar-refractivity contribution in [1.29, 1.82) is 0 Å². The summed E-state index contributed by atoms with van der Waals surface area (Å²) in [4.78, 5) is 28.0. The second-order valence-corrected chi connectivity index (χ2v) is 7.83. The molecule has 0 unspecified atom stereocenters. The molecule has 29 heavy (non-hydrogen) atoms. The maximum Gasteiger partial charge on any atom is 0.282 e. The molecule has 144 valence electrons. The number of nitrogens with one attached hydrogen (secondary N) is 1. The molecule has 0 saturated carbocycles. The molecular weight excluding hydrogens is 428 g/mol. The Hall–Kier alpha value is -3.18. The molecule has 0 atom stereocenters. The number of imide groups is 1. The van der Waals surface area contributed by atoms with Gasteiger partial charge < -0.3 is 5.32 Å². The molecule has 1 N–H and O–H groups in total. The summed E-state index contributed by atoms with van der Waals surface area (Å²) in [6.45, 7) is 4.01. The molecule has 1 aliphatic rings. The Kier molecular flexibility index (Phi) is 5.07. The molecule has 4 nitrogen and oxygen atoms in total. The Bertz CT molecular complexity index is 1150. The normalized spacial score (nSPS) is 14.0. The Labute approximate surface area is 178 Å². The van der Waals surface area contributed by atoms with E-state index >= 15 is 0 Å². The third-order valence-electron chi connectivity index (χ3n) is 5.08. The minimum atomic E-state index is -0.368. The van der Waals surface area contributed by atoms with Crippen LogP contribution in [0, 0.1) is 13.8 Å². The van der Waals surface area contributed by atoms with E-state index in [1.807, 2.05) is 68.4 Å². The molecule has 3 aromatic carbocycles. The van der Waals surface area contributed by atoms with Gasteiger partial charge in [-0.05, 0) is 54.8 Å². The summed E-state index contributed by atoms with van der Waals surface area (Å²) < 4.78 is 0.799. The molecule has 5 heteroatoms. The first-order valence-corrected chi connectivity index (χ1v) is 10.0. The van der Waals surface area contributed by atoms with E-state index in [2.05, 4.69) is 21.2 Å². The number of benzene rings is 3. The zero-order chi connectivity index (χ0) is 20.5. The van der Waals surface area contributed by atoms with Crippen molar-refractivity contribution >= 4 is 44.7 Å². The lowest BCUT2D eigenvalue weighted by molar-refractivity contribution is -0.120. The molecule has 0 spiro atoms. The molecule has 0 fully saturated rings. The Balaban J connectivity index is 1.85. The smallest absolute Gasteiger partial charge is 0.282 e. The van der Waals surface area contributed by atoms with Crippen molar-refractivity contribution in [3.63, 3.8) is 0 Å². The molecule has 0 bridgehead atoms. The van der Waals surface area contributed by atoms with Crippen molar-refractivity contribution in [3.8, 4) is 0 Å². The van der Waals surface area contributed by atoms with Gasteiger partial charge in [0.05, 0.1) is 11.3 Å². The van der Waals surface area contributed by atoms with E-state index in [4.69, 9.17) is 0 Å². The maximum absolute atomic E-state index is 13.4. The molecule has 2 amide bonds. The summed E-state index contributed by atoms with van der Waals surface area (Å²) >= 11 is 3.42. The number of amides is 2. The van der Waals surface area contributed by atoms with Gasteiger partial charge in [-0.15, -0.1) is 0 Å². The van der Waals surface area contributed by atoms with Gasteiger partial charge in [0.2, 0.25) is 0 Å². The van der Waals surface area contributed by atoms with Crippen molar-refractivity contribution in [3.05, 3.63) is 99.7 Å². The molecule has 0 aromatic heterocycles. The van der Waals surface area contributed by atoms with Gasteiger partial charge in [0.1, 0.15) is 5.70 Å². The van der Waals surface area contributed by atoms with Gasteiger partial charge in [-0.1, -0.05) is 64.5 Å². The second-order valence-electron chi connectivity index (χ2n) is 6.91. The average molecular weight is 447 g/mol. The first-order chi connectivity index (χ1) is 14.0. The number of hydrogen-bond acceptors (Lipinski definition) is 3. The van der Waals surface area contributed by atoms with Crippen molar-refractivity contribution in [2.75, 3.05) is 10.2 Å². The lowest BCUT2D eigenvalue weighted by Gasteiger charge is -2.16. The Morgan fingerprint density at radius 3 is 2.28 bits per heavy atom. The zero-order valence-electron chi connectivity index (χ0n) is 16.1. The number of carbonyl (C=O) groups is 2. The highest BCUT2D eigenvalue weighted by Gasteiger charge is 2.40. The van der Waals surface area contributed by atoms with E-state index in [-0.39, 0.29) is 17.5 Å². The predicted octanol–water partition coefficient (Wildman–Crippen LogP) is 5.46. The quantitative estimate of drug-likeness (QED) is 0.541. The largest absolute Gasteiger partial charge is 0.350 e. The highest BCUT2D eigenvalue weighted by atomic mass is 79.9. The minimum Gasteiger partial charge on any atom is -0.350 e. The molecular formula is C24H19BrN2O2. The zero-order valence-corrected chi connectivity index (χ0v) is 17.7. The number of rotatable bonds is 4. The summed E-state index contributed by atoms with van der Waals surface area (Å²) in [5, 5.41) is 3.25. The number of aryl methyl sites for hydroxylation is 1. The fourth-order valence-electron chi connectivity index (χ4n) is 3.39. The van der Waals surface area contributed by atoms with Crippen LogP contribution in [0.1, 0.15) is 16.7 Å². The number of halogens is 1. The fourth-order valence-corrected chi connectivity index (χ4v) is 3.78. The maximum atomic E-state index is 13.4. The van der Waals surface area contributed by atoms with Crippen LogP contribution in [-0.2, 0) is 9.59 Å². The van der Waals surface area contributed by atoms with Crippen LogP contribution in [-0.4, -0.2) is 11.8 Å². The highest BCUT2D eigenvalue weighted by molar-refractivity contribution is 9.10. The number of anilines is 2. The monoisotopic (exact) mass is 446 g/mol. The molecule has 1 aliphatic heterocycles. The van der Waals surface area contributed by atoms with E-state index in [1.165, 1.54) is 4.90 Å². The standard InChI is InChI=1S/C24H19BrN2O2/c1-15-8-6-13-20(16(15)2)26-22-21(17-9-4-3-5-10-17)23(28)27(24(22)29)19-12-7-11-18(25)14-19/h3-14,26H,1-2H3. The van der Waals surface area contributed by atoms with Crippen LogP contribution >= 0.6 is 15.9 Å². The number of nitrogens with zero attached hydrogens (tertiary/aromatic N) is 1. The van der Waals surface area contributed by atoms with E-state index in [0.717, 1.165) is 21.3 Å². The summed E-state index contributed by atoms with van der Waals surface area (Å²) in [7, 11) is 0. The predicted molar refractivity (Wildman–Crippen MR) is 120 cm³/mol. The summed E-state index contributed by atoms with van der Waals surface area (Å²) in [6, 6.07) is 22.3. The average Bonchev–Trinajstić information content (AvgIpc) is 2.96. The van der Waals surface area contributed by atoms with Crippen LogP contribution in [0.5, 0.6) is 0 Å². The lowest BCUT2D eigenvalue weighted by atomic mass is 10.0. The van der Waals surface area contributed by atoms with Crippen molar-refractivity contribution in [1.82, 2.24) is 0 Å². The Morgan fingerprint density at radius 2 is 1.55 bits per heavy atom. The van der Waals surface area contributed by atoms with Gasteiger partial charge in [-0.25, -0.2) is 4.90 Å². The van der Waals surface area contributed by atoms with Gasteiger partial charge in [0.25, 0.3) is 11.8 Å². The SMILES string of the molecule is Cc1cccc(NC2=C(c3ccccc3)C(=O)N(c3cccc(Br)c3)C2=O)c1C. The second kappa shape index (κ2) is 7.68. The summed E-state index contributed by atoms with van der Waals surface area (Å²) in [5.74, 6) is -0.708. The minimum absolute atomic E-state index is 0.287.